The molecule has 2 amide bonds. The fourth-order valence-corrected chi connectivity index (χ4v) is 2.94. The first-order valence-corrected chi connectivity index (χ1v) is 10.3. The number of hydrogen-bond acceptors (Lipinski definition) is 5. The molecule has 3 aromatic rings. The first-order valence-electron chi connectivity index (χ1n) is 9.93. The summed E-state index contributed by atoms with van der Waals surface area (Å²) in [6.07, 6.45) is 1.40. The lowest BCUT2D eigenvalue weighted by Gasteiger charge is -2.12. The van der Waals surface area contributed by atoms with E-state index in [0.717, 1.165) is 0 Å². The van der Waals surface area contributed by atoms with Crippen molar-refractivity contribution in [1.29, 1.82) is 5.26 Å². The summed E-state index contributed by atoms with van der Waals surface area (Å²) in [5.41, 5.74) is 1.33. The topological polar surface area (TPSA) is 100 Å². The minimum Gasteiger partial charge on any atom is -0.493 e. The number of methoxy groups -OCH3 is 1. The molecule has 3 aromatic carbocycles. The summed E-state index contributed by atoms with van der Waals surface area (Å²) >= 11 is 5.83. The molecule has 0 aromatic heterocycles. The lowest BCUT2D eigenvalue weighted by Crippen LogP contribution is -2.20. The van der Waals surface area contributed by atoms with E-state index in [2.05, 4.69) is 10.6 Å². The average molecular weight is 480 g/mol. The summed E-state index contributed by atoms with van der Waals surface area (Å²) < 4.78 is 23.8. The molecule has 2 N–H and O–H groups in total. The van der Waals surface area contributed by atoms with E-state index in [0.29, 0.717) is 27.7 Å². The smallest absolute Gasteiger partial charge is 0.266 e. The van der Waals surface area contributed by atoms with E-state index in [4.69, 9.17) is 21.1 Å². The third-order valence-electron chi connectivity index (χ3n) is 4.45. The van der Waals surface area contributed by atoms with E-state index < -0.39 is 17.6 Å². The van der Waals surface area contributed by atoms with Crippen LogP contribution in [0.3, 0.4) is 0 Å². The summed E-state index contributed by atoms with van der Waals surface area (Å²) in [6, 6.07) is 18.4. The van der Waals surface area contributed by atoms with E-state index in [1.54, 1.807) is 42.5 Å². The molecule has 0 aliphatic carbocycles. The Hall–Kier alpha value is -4.35. The van der Waals surface area contributed by atoms with Crippen LogP contribution in [0.4, 0.5) is 15.8 Å². The molecule has 34 heavy (non-hydrogen) atoms. The highest BCUT2D eigenvalue weighted by Crippen LogP contribution is 2.29. The Kier molecular flexibility index (Phi) is 8.21. The second kappa shape index (κ2) is 11.5. The van der Waals surface area contributed by atoms with E-state index in [-0.39, 0.29) is 17.9 Å². The summed E-state index contributed by atoms with van der Waals surface area (Å²) in [7, 11) is 1.42. The van der Waals surface area contributed by atoms with Crippen molar-refractivity contribution in [3.63, 3.8) is 0 Å². The molecule has 0 heterocycles. The van der Waals surface area contributed by atoms with Crippen molar-refractivity contribution in [2.45, 2.75) is 0 Å². The third kappa shape index (κ3) is 6.82. The number of anilines is 2. The van der Waals surface area contributed by atoms with Crippen molar-refractivity contribution < 1.29 is 23.5 Å². The number of amides is 2. The monoisotopic (exact) mass is 479 g/mol. The standard InChI is InChI=1S/C25H19ClFN3O4/c1-33-23-13-16(12-17(14-28)25(32)30-21-7-3-18(26)4-8-21)2-11-22(23)34-15-24(31)29-20-9-5-19(27)6-10-20/h2-13H,15H2,1H3,(H,29,31)(H,30,32)/b17-12-. The number of rotatable bonds is 8. The lowest BCUT2D eigenvalue weighted by atomic mass is 10.1. The summed E-state index contributed by atoms with van der Waals surface area (Å²) in [5, 5.41) is 15.2. The molecule has 0 spiro atoms. The van der Waals surface area contributed by atoms with Crippen molar-refractivity contribution in [1.82, 2.24) is 0 Å². The number of carbonyl (C=O) groups excluding carboxylic acids is 2. The number of hydrogen-bond donors (Lipinski definition) is 2. The van der Waals surface area contributed by atoms with Crippen molar-refractivity contribution in [2.24, 2.45) is 0 Å². The third-order valence-corrected chi connectivity index (χ3v) is 4.70. The molecule has 0 atom stereocenters. The van der Waals surface area contributed by atoms with Gasteiger partial charge in [0.2, 0.25) is 0 Å². The summed E-state index contributed by atoms with van der Waals surface area (Å²) in [4.78, 5) is 24.5. The lowest BCUT2D eigenvalue weighted by molar-refractivity contribution is -0.118. The van der Waals surface area contributed by atoms with Crippen molar-refractivity contribution in [3.05, 3.63) is 88.7 Å². The van der Waals surface area contributed by atoms with Crippen LogP contribution in [-0.2, 0) is 9.59 Å². The van der Waals surface area contributed by atoms with Gasteiger partial charge in [0.15, 0.2) is 18.1 Å². The zero-order valence-electron chi connectivity index (χ0n) is 18.0. The van der Waals surface area contributed by atoms with Gasteiger partial charge in [0.05, 0.1) is 7.11 Å². The number of nitrogens with zero attached hydrogens (tertiary/aromatic N) is 1. The van der Waals surface area contributed by atoms with E-state index in [9.17, 15) is 19.2 Å². The van der Waals surface area contributed by atoms with Gasteiger partial charge in [-0.15, -0.1) is 0 Å². The van der Waals surface area contributed by atoms with Gasteiger partial charge in [0.25, 0.3) is 11.8 Å². The maximum Gasteiger partial charge on any atom is 0.266 e. The van der Waals surface area contributed by atoms with E-state index in [1.165, 1.54) is 37.5 Å². The van der Waals surface area contributed by atoms with Crippen LogP contribution < -0.4 is 20.1 Å². The molecule has 3 rings (SSSR count). The Morgan fingerprint density at radius 1 is 1.00 bits per heavy atom. The van der Waals surface area contributed by atoms with E-state index >= 15 is 0 Å². The van der Waals surface area contributed by atoms with Crippen LogP contribution in [0.5, 0.6) is 11.5 Å². The largest absolute Gasteiger partial charge is 0.493 e. The number of nitriles is 1. The molecule has 0 saturated heterocycles. The number of nitrogens with one attached hydrogen (secondary N) is 2. The molecule has 0 aliphatic rings. The van der Waals surface area contributed by atoms with Gasteiger partial charge in [-0.1, -0.05) is 17.7 Å². The Bertz CT molecular complexity index is 1250. The fourth-order valence-electron chi connectivity index (χ4n) is 2.81. The second-order valence-electron chi connectivity index (χ2n) is 6.88. The van der Waals surface area contributed by atoms with Gasteiger partial charge in [-0.2, -0.15) is 5.26 Å². The SMILES string of the molecule is COc1cc(/C=C(/C#N)C(=O)Nc2ccc(Cl)cc2)ccc1OCC(=O)Nc1ccc(F)cc1. The Morgan fingerprint density at radius 3 is 2.29 bits per heavy atom. The fraction of sp³-hybridized carbons (Fsp3) is 0.0800. The number of carbonyl (C=O) groups is 2. The first kappa shape index (κ1) is 24.3. The molecule has 0 bridgehead atoms. The Balaban J connectivity index is 1.66. The minimum absolute atomic E-state index is 0.121. The van der Waals surface area contributed by atoms with E-state index in [1.807, 2.05) is 6.07 Å². The molecular formula is C25H19ClFN3O4. The van der Waals surface area contributed by atoms with Gasteiger partial charge in [-0.25, -0.2) is 4.39 Å². The quantitative estimate of drug-likeness (QED) is 0.348. The molecular weight excluding hydrogens is 461 g/mol. The first-order chi connectivity index (χ1) is 16.4. The van der Waals surface area contributed by atoms with Gasteiger partial charge >= 0.3 is 0 Å². The summed E-state index contributed by atoms with van der Waals surface area (Å²) in [6.45, 7) is -0.310. The van der Waals surface area contributed by atoms with Crippen molar-refractivity contribution in [2.75, 3.05) is 24.4 Å². The van der Waals surface area contributed by atoms with Crippen LogP contribution in [0.25, 0.3) is 6.08 Å². The predicted octanol–water partition coefficient (Wildman–Crippen LogP) is 5.05. The molecule has 172 valence electrons. The van der Waals surface area contributed by atoms with Crippen LogP contribution in [0.1, 0.15) is 5.56 Å². The number of ether oxygens (including phenoxy) is 2. The second-order valence-corrected chi connectivity index (χ2v) is 7.32. The molecule has 0 radical (unpaired) electrons. The highest BCUT2D eigenvalue weighted by atomic mass is 35.5. The highest BCUT2D eigenvalue weighted by molar-refractivity contribution is 6.30. The normalized spacial score (nSPS) is 10.7. The van der Waals surface area contributed by atoms with Gasteiger partial charge < -0.3 is 20.1 Å². The van der Waals surface area contributed by atoms with Gasteiger partial charge in [-0.05, 0) is 72.3 Å². The Morgan fingerprint density at radius 2 is 1.65 bits per heavy atom. The van der Waals surface area contributed by atoms with Crippen molar-refractivity contribution in [3.8, 4) is 17.6 Å². The van der Waals surface area contributed by atoms with Gasteiger partial charge in [-0.3, -0.25) is 9.59 Å². The maximum absolute atomic E-state index is 13.0. The average Bonchev–Trinajstić information content (AvgIpc) is 2.84. The molecule has 0 unspecified atom stereocenters. The zero-order chi connectivity index (χ0) is 24.5. The van der Waals surface area contributed by atoms with Gasteiger partial charge in [0, 0.05) is 16.4 Å². The van der Waals surface area contributed by atoms with Crippen LogP contribution in [0.2, 0.25) is 5.02 Å². The molecule has 0 fully saturated rings. The van der Waals surface area contributed by atoms with Crippen LogP contribution in [0, 0.1) is 17.1 Å². The molecule has 9 heteroatoms. The van der Waals surface area contributed by atoms with Crippen LogP contribution >= 0.6 is 11.6 Å². The van der Waals surface area contributed by atoms with Crippen LogP contribution in [-0.4, -0.2) is 25.5 Å². The maximum atomic E-state index is 13.0. The number of halogens is 2. The molecule has 0 aliphatic heterocycles. The highest BCUT2D eigenvalue weighted by Gasteiger charge is 2.12. The van der Waals surface area contributed by atoms with Crippen LogP contribution in [0.15, 0.2) is 72.3 Å². The Labute approximate surface area is 200 Å². The van der Waals surface area contributed by atoms with Crippen molar-refractivity contribution >= 4 is 40.9 Å². The zero-order valence-corrected chi connectivity index (χ0v) is 18.7. The van der Waals surface area contributed by atoms with Gasteiger partial charge in [0.1, 0.15) is 17.5 Å². The summed E-state index contributed by atoms with van der Waals surface area (Å²) in [5.74, 6) is -0.836. The minimum atomic E-state index is -0.582. The molecule has 7 nitrogen and oxygen atoms in total. The molecule has 0 saturated carbocycles. The number of benzene rings is 3. The predicted molar refractivity (Wildman–Crippen MR) is 127 cm³/mol.